The first-order valence-electron chi connectivity index (χ1n) is 7.06. The molecule has 4 heteroatoms. The first kappa shape index (κ1) is 12.9. The first-order valence-corrected chi connectivity index (χ1v) is 7.06. The van der Waals surface area contributed by atoms with Gasteiger partial charge in [-0.3, -0.25) is 4.98 Å². The number of hydrogen-bond acceptors (Lipinski definition) is 3. The normalized spacial score (nSPS) is 19.2. The Hall–Kier alpha value is -2.10. The van der Waals surface area contributed by atoms with Gasteiger partial charge in [0.25, 0.3) is 0 Å². The number of piperidine rings is 1. The van der Waals surface area contributed by atoms with E-state index in [0.29, 0.717) is 11.6 Å². The molecule has 1 aromatic carbocycles. The molecule has 104 valence electrons. The topological polar surface area (TPSA) is 53.4 Å². The Morgan fingerprint density at radius 2 is 2.15 bits per heavy atom. The van der Waals surface area contributed by atoms with E-state index in [4.69, 9.17) is 0 Å². The van der Waals surface area contributed by atoms with Crippen molar-refractivity contribution in [1.29, 1.82) is 0 Å². The van der Waals surface area contributed by atoms with Crippen LogP contribution < -0.4 is 4.90 Å². The molecule has 20 heavy (non-hydrogen) atoms. The Bertz CT molecular complexity index is 654. The molecule has 1 atom stereocenters. The fourth-order valence-electron chi connectivity index (χ4n) is 3.02. The average Bonchev–Trinajstić information content (AvgIpc) is 2.46. The first-order chi connectivity index (χ1) is 9.68. The van der Waals surface area contributed by atoms with E-state index in [9.17, 15) is 9.90 Å². The quantitative estimate of drug-likeness (QED) is 0.909. The molecule has 1 N–H and O–H groups in total. The van der Waals surface area contributed by atoms with E-state index < -0.39 is 5.97 Å². The molecule has 2 aromatic rings. The minimum atomic E-state index is -0.906. The fraction of sp³-hybridized carbons (Fsp3) is 0.375. The molecule has 3 rings (SSSR count). The highest BCUT2D eigenvalue weighted by atomic mass is 16.4. The number of fused-ring (bicyclic) bond motifs is 1. The average molecular weight is 270 g/mol. The standard InChI is InChI=1S/C16H18N2O2/c1-11-6-4-5-9-18(11)15-12-7-2-3-8-14(12)17-10-13(15)16(19)20/h2-3,7-8,10-11H,4-6,9H2,1H3,(H,19,20). The molecule has 2 heterocycles. The minimum absolute atomic E-state index is 0.303. The lowest BCUT2D eigenvalue weighted by atomic mass is 9.99. The summed E-state index contributed by atoms with van der Waals surface area (Å²) in [6.45, 7) is 3.08. The minimum Gasteiger partial charge on any atom is -0.478 e. The number of carbonyl (C=O) groups is 1. The highest BCUT2D eigenvalue weighted by Gasteiger charge is 2.25. The van der Waals surface area contributed by atoms with Crippen LogP contribution in [0.3, 0.4) is 0 Å². The number of aromatic nitrogens is 1. The summed E-state index contributed by atoms with van der Waals surface area (Å²) in [4.78, 5) is 18.1. The summed E-state index contributed by atoms with van der Waals surface area (Å²) in [6, 6.07) is 8.13. The molecule has 0 radical (unpaired) electrons. The smallest absolute Gasteiger partial charge is 0.339 e. The van der Waals surface area contributed by atoms with Gasteiger partial charge in [-0.05, 0) is 32.3 Å². The maximum absolute atomic E-state index is 11.5. The Kier molecular flexibility index (Phi) is 3.30. The third kappa shape index (κ3) is 2.11. The number of anilines is 1. The zero-order valence-corrected chi connectivity index (χ0v) is 11.5. The van der Waals surface area contributed by atoms with Gasteiger partial charge in [-0.25, -0.2) is 4.79 Å². The number of carboxylic acids is 1. The second kappa shape index (κ2) is 5.12. The lowest BCUT2D eigenvalue weighted by molar-refractivity contribution is 0.0697. The van der Waals surface area contributed by atoms with Crippen LogP contribution in [0.15, 0.2) is 30.5 Å². The number of rotatable bonds is 2. The molecule has 0 aliphatic carbocycles. The Morgan fingerprint density at radius 3 is 2.90 bits per heavy atom. The molecule has 1 aliphatic rings. The summed E-state index contributed by atoms with van der Waals surface area (Å²) < 4.78 is 0. The van der Waals surface area contributed by atoms with Crippen LogP contribution in [-0.4, -0.2) is 28.6 Å². The van der Waals surface area contributed by atoms with Gasteiger partial charge < -0.3 is 10.0 Å². The van der Waals surface area contributed by atoms with E-state index in [-0.39, 0.29) is 0 Å². The molecule has 1 saturated heterocycles. The fourth-order valence-corrected chi connectivity index (χ4v) is 3.02. The van der Waals surface area contributed by atoms with Crippen LogP contribution in [-0.2, 0) is 0 Å². The molecular formula is C16H18N2O2. The van der Waals surface area contributed by atoms with Gasteiger partial charge in [0, 0.05) is 24.2 Å². The van der Waals surface area contributed by atoms with Gasteiger partial charge in [0.15, 0.2) is 0 Å². The second-order valence-corrected chi connectivity index (χ2v) is 5.38. The van der Waals surface area contributed by atoms with E-state index in [2.05, 4.69) is 16.8 Å². The summed E-state index contributed by atoms with van der Waals surface area (Å²) in [7, 11) is 0. The molecule has 1 fully saturated rings. The van der Waals surface area contributed by atoms with Crippen LogP contribution in [0.5, 0.6) is 0 Å². The second-order valence-electron chi connectivity index (χ2n) is 5.38. The lowest BCUT2D eigenvalue weighted by Gasteiger charge is -2.36. The zero-order chi connectivity index (χ0) is 14.1. The summed E-state index contributed by atoms with van der Waals surface area (Å²) in [5, 5.41) is 10.4. The summed E-state index contributed by atoms with van der Waals surface area (Å²) in [5.41, 5.74) is 1.98. The van der Waals surface area contributed by atoms with Crippen molar-refractivity contribution >= 4 is 22.6 Å². The maximum Gasteiger partial charge on any atom is 0.339 e. The van der Waals surface area contributed by atoms with Crippen molar-refractivity contribution in [1.82, 2.24) is 4.98 Å². The lowest BCUT2D eigenvalue weighted by Crippen LogP contribution is -2.38. The number of aromatic carboxylic acids is 1. The largest absolute Gasteiger partial charge is 0.478 e. The van der Waals surface area contributed by atoms with Gasteiger partial charge in [-0.15, -0.1) is 0 Å². The number of hydrogen-bond donors (Lipinski definition) is 1. The van der Waals surface area contributed by atoms with Gasteiger partial charge in [0.05, 0.1) is 11.2 Å². The van der Waals surface area contributed by atoms with Crippen molar-refractivity contribution in [2.45, 2.75) is 32.2 Å². The van der Waals surface area contributed by atoms with Crippen LogP contribution in [0.25, 0.3) is 10.9 Å². The molecule has 0 bridgehead atoms. The van der Waals surface area contributed by atoms with Crippen molar-refractivity contribution in [2.24, 2.45) is 0 Å². The van der Waals surface area contributed by atoms with Crippen molar-refractivity contribution < 1.29 is 9.90 Å². The molecular weight excluding hydrogens is 252 g/mol. The van der Waals surface area contributed by atoms with E-state index >= 15 is 0 Å². The van der Waals surface area contributed by atoms with Crippen LogP contribution in [0.1, 0.15) is 36.5 Å². The van der Waals surface area contributed by atoms with Gasteiger partial charge in [-0.2, -0.15) is 0 Å². The number of nitrogens with zero attached hydrogens (tertiary/aromatic N) is 2. The number of benzene rings is 1. The molecule has 0 amide bonds. The summed E-state index contributed by atoms with van der Waals surface area (Å²) in [6.07, 6.45) is 4.92. The zero-order valence-electron chi connectivity index (χ0n) is 11.5. The third-order valence-corrected chi connectivity index (χ3v) is 4.07. The van der Waals surface area contributed by atoms with Crippen molar-refractivity contribution in [2.75, 3.05) is 11.4 Å². The Labute approximate surface area is 118 Å². The van der Waals surface area contributed by atoms with Gasteiger partial charge >= 0.3 is 5.97 Å². The highest BCUT2D eigenvalue weighted by Crippen LogP contribution is 2.33. The van der Waals surface area contributed by atoms with E-state index in [1.54, 1.807) is 0 Å². The van der Waals surface area contributed by atoms with E-state index in [1.807, 2.05) is 24.3 Å². The molecule has 4 nitrogen and oxygen atoms in total. The summed E-state index contributed by atoms with van der Waals surface area (Å²) in [5.74, 6) is -0.906. The van der Waals surface area contributed by atoms with Gasteiger partial charge in [0.2, 0.25) is 0 Å². The predicted octanol–water partition coefficient (Wildman–Crippen LogP) is 3.31. The molecule has 1 unspecified atom stereocenters. The van der Waals surface area contributed by atoms with Crippen molar-refractivity contribution in [3.05, 3.63) is 36.0 Å². The number of para-hydroxylation sites is 1. The SMILES string of the molecule is CC1CCCCN1c1c(C(=O)O)cnc2ccccc12. The number of pyridine rings is 1. The highest BCUT2D eigenvalue weighted by molar-refractivity contribution is 6.04. The Morgan fingerprint density at radius 1 is 1.35 bits per heavy atom. The van der Waals surface area contributed by atoms with Crippen molar-refractivity contribution in [3.8, 4) is 0 Å². The van der Waals surface area contributed by atoms with Crippen molar-refractivity contribution in [3.63, 3.8) is 0 Å². The van der Waals surface area contributed by atoms with E-state index in [1.165, 1.54) is 12.6 Å². The van der Waals surface area contributed by atoms with Crippen LogP contribution in [0, 0.1) is 0 Å². The molecule has 0 spiro atoms. The van der Waals surface area contributed by atoms with Crippen LogP contribution in [0.2, 0.25) is 0 Å². The Balaban J connectivity index is 2.24. The molecule has 1 aromatic heterocycles. The number of carboxylic acid groups (broad SMARTS) is 1. The van der Waals surface area contributed by atoms with Gasteiger partial charge in [-0.1, -0.05) is 18.2 Å². The monoisotopic (exact) mass is 270 g/mol. The molecule has 0 saturated carbocycles. The molecule has 1 aliphatic heterocycles. The maximum atomic E-state index is 11.5. The predicted molar refractivity (Wildman–Crippen MR) is 79.4 cm³/mol. The van der Waals surface area contributed by atoms with Crippen LogP contribution >= 0.6 is 0 Å². The third-order valence-electron chi connectivity index (χ3n) is 4.07. The van der Waals surface area contributed by atoms with Crippen LogP contribution in [0.4, 0.5) is 5.69 Å². The van der Waals surface area contributed by atoms with E-state index in [0.717, 1.165) is 36.0 Å². The van der Waals surface area contributed by atoms with Gasteiger partial charge in [0.1, 0.15) is 5.56 Å². The summed E-state index contributed by atoms with van der Waals surface area (Å²) >= 11 is 0.